The lowest BCUT2D eigenvalue weighted by atomic mass is 10.2. The Balaban J connectivity index is 0.00000312. The van der Waals surface area contributed by atoms with Crippen LogP contribution in [-0.4, -0.2) is 19.6 Å². The monoisotopic (exact) mass is 384 g/mol. The molecule has 0 unspecified atom stereocenters. The largest absolute Gasteiger partial charge is 0.497 e. The summed E-state index contributed by atoms with van der Waals surface area (Å²) >= 11 is 5.97. The van der Waals surface area contributed by atoms with Crippen LogP contribution in [0.3, 0.4) is 0 Å². The summed E-state index contributed by atoms with van der Waals surface area (Å²) in [6.45, 7) is 2.36. The van der Waals surface area contributed by atoms with Gasteiger partial charge in [-0.15, -0.1) is 12.4 Å². The number of nitrogens with one attached hydrogen (secondary N) is 1. The number of rotatable bonds is 7. The molecule has 2 aromatic rings. The average Bonchev–Trinajstić information content (AvgIpc) is 2.57. The van der Waals surface area contributed by atoms with Crippen molar-refractivity contribution in [2.45, 2.75) is 19.8 Å². The third kappa shape index (κ3) is 6.36. The molecule has 0 spiro atoms. The Bertz CT molecular complexity index is 723. The highest BCUT2D eigenvalue weighted by molar-refractivity contribution is 6.31. The number of carbonyl (C=O) groups excluding carboxylic acids is 1. The van der Waals surface area contributed by atoms with E-state index in [1.54, 1.807) is 31.4 Å². The third-order valence-electron chi connectivity index (χ3n) is 3.48. The van der Waals surface area contributed by atoms with E-state index in [-0.39, 0.29) is 18.3 Å². The number of ether oxygens (including phenoxy) is 2. The molecule has 2 aromatic carbocycles. The molecule has 0 saturated carbocycles. The topological polar surface area (TPSA) is 73.6 Å². The Kier molecular flexibility index (Phi) is 8.38. The number of aryl methyl sites for hydroxylation is 1. The van der Waals surface area contributed by atoms with Gasteiger partial charge in [0.2, 0.25) is 5.91 Å². The predicted octanol–water partition coefficient (Wildman–Crippen LogP) is 4.46. The van der Waals surface area contributed by atoms with E-state index in [0.717, 1.165) is 11.3 Å². The Morgan fingerprint density at radius 2 is 1.92 bits per heavy atom. The fourth-order valence-electron chi connectivity index (χ4n) is 2.11. The van der Waals surface area contributed by atoms with Crippen LogP contribution in [0, 0.1) is 6.92 Å². The first-order valence-electron chi connectivity index (χ1n) is 7.62. The van der Waals surface area contributed by atoms with E-state index in [1.165, 1.54) is 0 Å². The zero-order valence-electron chi connectivity index (χ0n) is 14.2. The Morgan fingerprint density at radius 3 is 2.60 bits per heavy atom. The van der Waals surface area contributed by atoms with Gasteiger partial charge in [0, 0.05) is 17.5 Å². The van der Waals surface area contributed by atoms with Gasteiger partial charge in [-0.25, -0.2) is 0 Å². The summed E-state index contributed by atoms with van der Waals surface area (Å²) in [7, 11) is 1.56. The van der Waals surface area contributed by atoms with Gasteiger partial charge in [0.15, 0.2) is 0 Å². The molecule has 0 atom stereocenters. The van der Waals surface area contributed by atoms with Crippen molar-refractivity contribution in [2.24, 2.45) is 0 Å². The van der Waals surface area contributed by atoms with E-state index in [4.69, 9.17) is 26.8 Å². The number of hydrogen-bond acceptors (Lipinski definition) is 4. The van der Waals surface area contributed by atoms with Gasteiger partial charge >= 0.3 is 0 Å². The summed E-state index contributed by atoms with van der Waals surface area (Å²) in [5.41, 5.74) is 7.85. The lowest BCUT2D eigenvalue weighted by molar-refractivity contribution is -0.116. The van der Waals surface area contributed by atoms with Crippen LogP contribution in [0.4, 0.5) is 11.4 Å². The quantitative estimate of drug-likeness (QED) is 0.545. The highest BCUT2D eigenvalue weighted by atomic mass is 35.5. The van der Waals surface area contributed by atoms with E-state index in [0.29, 0.717) is 41.6 Å². The molecule has 0 aliphatic carbocycles. The number of halogens is 2. The highest BCUT2D eigenvalue weighted by Gasteiger charge is 2.07. The van der Waals surface area contributed by atoms with Crippen molar-refractivity contribution in [2.75, 3.05) is 24.8 Å². The van der Waals surface area contributed by atoms with Gasteiger partial charge in [-0.3, -0.25) is 4.79 Å². The molecule has 7 heteroatoms. The lowest BCUT2D eigenvalue weighted by Gasteiger charge is -2.10. The molecular formula is C18H22Cl2N2O3. The Morgan fingerprint density at radius 1 is 1.20 bits per heavy atom. The Hall–Kier alpha value is -2.11. The molecule has 0 aliphatic heterocycles. The average molecular weight is 385 g/mol. The van der Waals surface area contributed by atoms with Gasteiger partial charge in [0.05, 0.1) is 25.1 Å². The fourth-order valence-corrected chi connectivity index (χ4v) is 2.23. The van der Waals surface area contributed by atoms with Crippen LogP contribution in [-0.2, 0) is 4.79 Å². The van der Waals surface area contributed by atoms with Crippen molar-refractivity contribution in [3.63, 3.8) is 0 Å². The molecule has 5 nitrogen and oxygen atoms in total. The summed E-state index contributed by atoms with van der Waals surface area (Å²) in [6, 6.07) is 10.6. The number of hydrogen-bond donors (Lipinski definition) is 2. The molecule has 2 rings (SSSR count). The number of nitrogen functional groups attached to an aromatic ring is 1. The smallest absolute Gasteiger partial charge is 0.224 e. The molecule has 0 aliphatic rings. The van der Waals surface area contributed by atoms with Crippen LogP contribution in [0.1, 0.15) is 18.4 Å². The zero-order valence-corrected chi connectivity index (χ0v) is 15.7. The minimum Gasteiger partial charge on any atom is -0.497 e. The van der Waals surface area contributed by atoms with Crippen molar-refractivity contribution < 1.29 is 14.3 Å². The number of anilines is 2. The van der Waals surface area contributed by atoms with E-state index in [2.05, 4.69) is 5.32 Å². The van der Waals surface area contributed by atoms with E-state index in [9.17, 15) is 4.79 Å². The predicted molar refractivity (Wildman–Crippen MR) is 104 cm³/mol. The van der Waals surface area contributed by atoms with Crippen LogP contribution in [0.5, 0.6) is 11.5 Å². The summed E-state index contributed by atoms with van der Waals surface area (Å²) in [6.07, 6.45) is 0.931. The first-order valence-corrected chi connectivity index (χ1v) is 7.99. The van der Waals surface area contributed by atoms with Crippen molar-refractivity contribution in [3.8, 4) is 11.5 Å². The Labute approximate surface area is 158 Å². The van der Waals surface area contributed by atoms with Crippen LogP contribution in [0.15, 0.2) is 36.4 Å². The minimum atomic E-state index is -0.120. The molecule has 0 aromatic heterocycles. The van der Waals surface area contributed by atoms with E-state index >= 15 is 0 Å². The second kappa shape index (κ2) is 10.0. The van der Waals surface area contributed by atoms with Gasteiger partial charge in [0.1, 0.15) is 11.5 Å². The first-order chi connectivity index (χ1) is 11.5. The summed E-state index contributed by atoms with van der Waals surface area (Å²) < 4.78 is 10.7. The van der Waals surface area contributed by atoms with Crippen molar-refractivity contribution in [3.05, 3.63) is 47.0 Å². The SMILES string of the molecule is COc1ccc(N)c(NC(=O)CCCOc2ccc(Cl)c(C)c2)c1.Cl. The molecule has 25 heavy (non-hydrogen) atoms. The second-order valence-corrected chi connectivity index (χ2v) is 5.77. The van der Waals surface area contributed by atoms with Crippen LogP contribution >= 0.6 is 24.0 Å². The number of benzene rings is 2. The molecule has 0 heterocycles. The van der Waals surface area contributed by atoms with Gasteiger partial charge in [0.25, 0.3) is 0 Å². The van der Waals surface area contributed by atoms with Gasteiger partial charge in [-0.05, 0) is 49.2 Å². The minimum absolute atomic E-state index is 0. The standard InChI is InChI=1S/C18H21ClN2O3.ClH/c1-12-10-14(5-7-15(12)19)24-9-3-4-18(22)21-17-11-13(23-2)6-8-16(17)20;/h5-8,10-11H,3-4,9,20H2,1-2H3,(H,21,22);1H. The van der Waals surface area contributed by atoms with E-state index < -0.39 is 0 Å². The van der Waals surface area contributed by atoms with Crippen LogP contribution in [0.2, 0.25) is 5.02 Å². The van der Waals surface area contributed by atoms with Gasteiger partial charge in [-0.2, -0.15) is 0 Å². The van der Waals surface area contributed by atoms with E-state index in [1.807, 2.05) is 19.1 Å². The molecule has 0 saturated heterocycles. The van der Waals surface area contributed by atoms with Crippen molar-refractivity contribution >= 4 is 41.3 Å². The molecule has 3 N–H and O–H groups in total. The lowest BCUT2D eigenvalue weighted by Crippen LogP contribution is -2.14. The maximum Gasteiger partial charge on any atom is 0.224 e. The maximum atomic E-state index is 12.0. The fraction of sp³-hybridized carbons (Fsp3) is 0.278. The molecule has 136 valence electrons. The molecular weight excluding hydrogens is 363 g/mol. The molecule has 0 bridgehead atoms. The summed E-state index contributed by atoms with van der Waals surface area (Å²) in [5, 5.41) is 3.49. The highest BCUT2D eigenvalue weighted by Crippen LogP contribution is 2.24. The number of amides is 1. The van der Waals surface area contributed by atoms with Crippen LogP contribution in [0.25, 0.3) is 0 Å². The first kappa shape index (κ1) is 20.9. The van der Waals surface area contributed by atoms with Crippen molar-refractivity contribution in [1.82, 2.24) is 0 Å². The van der Waals surface area contributed by atoms with Crippen molar-refractivity contribution in [1.29, 1.82) is 0 Å². The number of nitrogens with two attached hydrogens (primary N) is 1. The normalized spacial score (nSPS) is 9.88. The number of carbonyl (C=O) groups is 1. The van der Waals surface area contributed by atoms with Gasteiger partial charge in [-0.1, -0.05) is 11.6 Å². The maximum absolute atomic E-state index is 12.0. The third-order valence-corrected chi connectivity index (χ3v) is 3.90. The van der Waals surface area contributed by atoms with Crippen LogP contribution < -0.4 is 20.5 Å². The van der Waals surface area contributed by atoms with Gasteiger partial charge < -0.3 is 20.5 Å². The number of methoxy groups -OCH3 is 1. The molecule has 0 radical (unpaired) electrons. The summed E-state index contributed by atoms with van der Waals surface area (Å²) in [5.74, 6) is 1.26. The second-order valence-electron chi connectivity index (χ2n) is 5.36. The molecule has 0 fully saturated rings. The molecule has 1 amide bonds. The zero-order chi connectivity index (χ0) is 17.5. The summed E-state index contributed by atoms with van der Waals surface area (Å²) in [4.78, 5) is 12.0.